The van der Waals surface area contributed by atoms with E-state index < -0.39 is 30.3 Å². The number of hydrogen-bond donors (Lipinski definition) is 2. The first-order valence-corrected chi connectivity index (χ1v) is 11.2. The van der Waals surface area contributed by atoms with Crippen molar-refractivity contribution in [3.63, 3.8) is 0 Å². The van der Waals surface area contributed by atoms with Gasteiger partial charge in [0, 0.05) is 6.54 Å². The average Bonchev–Trinajstić information content (AvgIpc) is 3.45. The number of nitrogens with zero attached hydrogens (tertiary/aromatic N) is 4. The van der Waals surface area contributed by atoms with E-state index in [1.165, 1.54) is 6.33 Å². The first-order chi connectivity index (χ1) is 15.9. The van der Waals surface area contributed by atoms with Crippen molar-refractivity contribution in [2.24, 2.45) is 0 Å². The fourth-order valence-electron chi connectivity index (χ4n) is 4.46. The second-order valence-corrected chi connectivity index (χ2v) is 8.73. The molecule has 0 unspecified atom stereocenters. The normalized spacial score (nSPS) is 26.8. The molecule has 0 bridgehead atoms. The Morgan fingerprint density at radius 1 is 1.15 bits per heavy atom. The van der Waals surface area contributed by atoms with Crippen LogP contribution in [0.4, 0.5) is 5.82 Å². The summed E-state index contributed by atoms with van der Waals surface area (Å²) in [4.78, 5) is 26.1. The quantitative estimate of drug-likeness (QED) is 0.587. The molecule has 10 heteroatoms. The van der Waals surface area contributed by atoms with Crippen LogP contribution in [0.1, 0.15) is 45.5 Å². The van der Waals surface area contributed by atoms with Crippen molar-refractivity contribution in [1.82, 2.24) is 24.8 Å². The number of carbonyl (C=O) groups excluding carboxylic acids is 1. The molecule has 2 fully saturated rings. The predicted octanol–water partition coefficient (Wildman–Crippen LogP) is 2.55. The summed E-state index contributed by atoms with van der Waals surface area (Å²) >= 11 is 0. The highest BCUT2D eigenvalue weighted by atomic mass is 16.8. The Balaban J connectivity index is 1.46. The Morgan fingerprint density at radius 2 is 1.91 bits per heavy atom. The van der Waals surface area contributed by atoms with Gasteiger partial charge in [0.2, 0.25) is 0 Å². The molecule has 2 saturated heterocycles. The fourth-order valence-corrected chi connectivity index (χ4v) is 4.46. The standard InChI is InChI=1S/C23H28N6O4/c1-5-24-21(30)17-16-18(33-23(3,4)32-16)22(31-17)29-12-27-15-19(25-11-26-20(15)29)28-13(2)14-9-7-6-8-10-14/h6-13,16-18,22H,5H2,1-4H3,(H,24,30)(H,25,26,28)/t13-,16+,17-,18+,22+/m0/s1. The highest BCUT2D eigenvalue weighted by Crippen LogP contribution is 2.44. The summed E-state index contributed by atoms with van der Waals surface area (Å²) in [6.45, 7) is 8.09. The molecule has 33 heavy (non-hydrogen) atoms. The molecule has 0 aliphatic carbocycles. The van der Waals surface area contributed by atoms with Gasteiger partial charge in [-0.3, -0.25) is 9.36 Å². The third-order valence-corrected chi connectivity index (χ3v) is 5.92. The van der Waals surface area contributed by atoms with Gasteiger partial charge in [0.1, 0.15) is 18.5 Å². The minimum Gasteiger partial charge on any atom is -0.362 e. The van der Waals surface area contributed by atoms with Crippen molar-refractivity contribution in [2.75, 3.05) is 11.9 Å². The summed E-state index contributed by atoms with van der Waals surface area (Å²) < 4.78 is 20.1. The molecule has 1 amide bonds. The van der Waals surface area contributed by atoms with Crippen molar-refractivity contribution >= 4 is 22.9 Å². The third kappa shape index (κ3) is 3.94. The van der Waals surface area contributed by atoms with Gasteiger partial charge in [0.15, 0.2) is 35.1 Å². The minimum atomic E-state index is -0.828. The highest BCUT2D eigenvalue weighted by Gasteiger charge is 2.58. The molecule has 4 heterocycles. The van der Waals surface area contributed by atoms with Crippen LogP contribution in [0.3, 0.4) is 0 Å². The van der Waals surface area contributed by atoms with Gasteiger partial charge >= 0.3 is 0 Å². The Bertz CT molecular complexity index is 1150. The summed E-state index contributed by atoms with van der Waals surface area (Å²) in [6, 6.07) is 10.1. The van der Waals surface area contributed by atoms with Gasteiger partial charge in [-0.1, -0.05) is 30.3 Å². The lowest BCUT2D eigenvalue weighted by molar-refractivity contribution is -0.197. The number of imidazole rings is 1. The van der Waals surface area contributed by atoms with Gasteiger partial charge in [-0.25, -0.2) is 15.0 Å². The maximum atomic E-state index is 12.7. The molecule has 5 rings (SSSR count). The van der Waals surface area contributed by atoms with Gasteiger partial charge in [-0.2, -0.15) is 0 Å². The van der Waals surface area contributed by atoms with Gasteiger partial charge in [-0.15, -0.1) is 0 Å². The second kappa shape index (κ2) is 8.36. The van der Waals surface area contributed by atoms with Crippen LogP contribution in [0.2, 0.25) is 0 Å². The molecule has 10 nitrogen and oxygen atoms in total. The monoisotopic (exact) mass is 452 g/mol. The molecular weight excluding hydrogens is 424 g/mol. The number of likely N-dealkylation sites (N-methyl/N-ethyl adjacent to an activating group) is 1. The number of anilines is 1. The number of hydrogen-bond acceptors (Lipinski definition) is 8. The van der Waals surface area contributed by atoms with E-state index >= 15 is 0 Å². The van der Waals surface area contributed by atoms with E-state index in [0.717, 1.165) is 5.56 Å². The smallest absolute Gasteiger partial charge is 0.252 e. The molecule has 2 aliphatic rings. The van der Waals surface area contributed by atoms with E-state index in [1.54, 1.807) is 10.9 Å². The Labute approximate surface area is 191 Å². The number of nitrogens with one attached hydrogen (secondary N) is 2. The van der Waals surface area contributed by atoms with E-state index in [4.69, 9.17) is 14.2 Å². The number of aromatic nitrogens is 4. The summed E-state index contributed by atoms with van der Waals surface area (Å²) in [7, 11) is 0. The van der Waals surface area contributed by atoms with Crippen LogP contribution in [-0.4, -0.2) is 56.1 Å². The van der Waals surface area contributed by atoms with Crippen LogP contribution in [0.25, 0.3) is 11.2 Å². The zero-order chi connectivity index (χ0) is 23.2. The predicted molar refractivity (Wildman–Crippen MR) is 120 cm³/mol. The Morgan fingerprint density at radius 3 is 2.67 bits per heavy atom. The zero-order valence-corrected chi connectivity index (χ0v) is 19.1. The lowest BCUT2D eigenvalue weighted by Crippen LogP contribution is -2.42. The largest absolute Gasteiger partial charge is 0.362 e. The number of benzene rings is 1. The van der Waals surface area contributed by atoms with E-state index in [0.29, 0.717) is 23.5 Å². The van der Waals surface area contributed by atoms with Crippen molar-refractivity contribution in [1.29, 1.82) is 0 Å². The highest BCUT2D eigenvalue weighted by molar-refractivity contribution is 5.83. The van der Waals surface area contributed by atoms with E-state index in [1.807, 2.05) is 39.0 Å². The molecule has 2 aliphatic heterocycles. The maximum absolute atomic E-state index is 12.7. The lowest BCUT2D eigenvalue weighted by Gasteiger charge is -2.24. The van der Waals surface area contributed by atoms with E-state index in [9.17, 15) is 4.79 Å². The Kier molecular flexibility index (Phi) is 5.51. The van der Waals surface area contributed by atoms with Crippen LogP contribution < -0.4 is 10.6 Å². The summed E-state index contributed by atoms with van der Waals surface area (Å²) in [5.41, 5.74) is 2.33. The average molecular weight is 453 g/mol. The zero-order valence-electron chi connectivity index (χ0n) is 19.1. The van der Waals surface area contributed by atoms with Crippen LogP contribution in [0.15, 0.2) is 43.0 Å². The molecule has 0 spiro atoms. The second-order valence-electron chi connectivity index (χ2n) is 8.73. The molecule has 174 valence electrons. The topological polar surface area (TPSA) is 112 Å². The molecule has 3 aromatic rings. The van der Waals surface area contributed by atoms with Gasteiger partial charge in [0.25, 0.3) is 5.91 Å². The molecule has 0 radical (unpaired) electrons. The van der Waals surface area contributed by atoms with Crippen molar-refractivity contribution in [3.8, 4) is 0 Å². The first-order valence-electron chi connectivity index (χ1n) is 11.2. The van der Waals surface area contributed by atoms with Gasteiger partial charge in [-0.05, 0) is 33.3 Å². The third-order valence-electron chi connectivity index (χ3n) is 5.92. The summed E-state index contributed by atoms with van der Waals surface area (Å²) in [5, 5.41) is 6.24. The van der Waals surface area contributed by atoms with Crippen molar-refractivity contribution in [2.45, 2.75) is 64.1 Å². The molecular formula is C23H28N6O4. The fraction of sp³-hybridized carbons (Fsp3) is 0.478. The number of rotatable bonds is 6. The summed E-state index contributed by atoms with van der Waals surface area (Å²) in [5.74, 6) is -0.436. The van der Waals surface area contributed by atoms with Crippen molar-refractivity contribution < 1.29 is 19.0 Å². The lowest BCUT2D eigenvalue weighted by atomic mass is 10.1. The van der Waals surface area contributed by atoms with Gasteiger partial charge < -0.3 is 24.8 Å². The number of carbonyl (C=O) groups is 1. The number of ether oxygens (including phenoxy) is 3. The SMILES string of the molecule is CCNC(=O)[C@H]1O[C@@H](n2cnc3c(N[C@@H](C)c4ccccc4)ncnc32)[C@@H]2OC(C)(C)O[C@@H]21. The number of fused-ring (bicyclic) bond motifs is 2. The maximum Gasteiger partial charge on any atom is 0.252 e. The molecule has 5 atom stereocenters. The van der Waals surface area contributed by atoms with Gasteiger partial charge in [0.05, 0.1) is 12.4 Å². The Hall–Kier alpha value is -3.08. The number of amides is 1. The summed E-state index contributed by atoms with van der Waals surface area (Å²) in [6.07, 6.45) is 0.699. The van der Waals surface area contributed by atoms with Crippen LogP contribution in [0, 0.1) is 0 Å². The minimum absolute atomic E-state index is 0.0241. The van der Waals surface area contributed by atoms with Crippen LogP contribution in [-0.2, 0) is 19.0 Å². The van der Waals surface area contributed by atoms with E-state index in [-0.39, 0.29) is 11.9 Å². The van der Waals surface area contributed by atoms with E-state index in [2.05, 4.69) is 44.6 Å². The molecule has 0 saturated carbocycles. The first kappa shape index (κ1) is 21.7. The molecule has 2 N–H and O–H groups in total. The van der Waals surface area contributed by atoms with Crippen molar-refractivity contribution in [3.05, 3.63) is 48.5 Å². The van der Waals surface area contributed by atoms with Crippen LogP contribution in [0.5, 0.6) is 0 Å². The molecule has 1 aromatic carbocycles. The molecule has 2 aromatic heterocycles. The van der Waals surface area contributed by atoms with Crippen LogP contribution >= 0.6 is 0 Å².